The van der Waals surface area contributed by atoms with E-state index in [4.69, 9.17) is 11.6 Å². The van der Waals surface area contributed by atoms with E-state index in [2.05, 4.69) is 10.0 Å². The van der Waals surface area contributed by atoms with Crippen molar-refractivity contribution in [3.05, 3.63) is 58.1 Å². The van der Waals surface area contributed by atoms with E-state index in [-0.39, 0.29) is 11.8 Å². The molecule has 158 valence electrons. The van der Waals surface area contributed by atoms with E-state index >= 15 is 0 Å². The van der Waals surface area contributed by atoms with E-state index in [0.717, 1.165) is 11.1 Å². The SMILES string of the molecule is CC(C)c1cc(Cl)cc(C(C)C)c1NC(=O)N[S+]([O-])c1ccc(C(C)(C)O)cc1. The van der Waals surface area contributed by atoms with Crippen molar-refractivity contribution in [3.63, 3.8) is 0 Å². The number of benzene rings is 2. The third-order valence-corrected chi connectivity index (χ3v) is 5.90. The summed E-state index contributed by atoms with van der Waals surface area (Å²) < 4.78 is 15.0. The molecule has 1 atom stereocenters. The van der Waals surface area contributed by atoms with Gasteiger partial charge in [-0.2, -0.15) is 0 Å². The van der Waals surface area contributed by atoms with Crippen LogP contribution in [0.3, 0.4) is 0 Å². The fraction of sp³-hybridized carbons (Fsp3) is 0.409. The van der Waals surface area contributed by atoms with Crippen LogP contribution in [0.1, 0.15) is 70.1 Å². The summed E-state index contributed by atoms with van der Waals surface area (Å²) in [5, 5.41) is 13.5. The van der Waals surface area contributed by atoms with Gasteiger partial charge in [-0.25, -0.2) is 4.79 Å². The van der Waals surface area contributed by atoms with Gasteiger partial charge in [-0.05, 0) is 66.6 Å². The van der Waals surface area contributed by atoms with Gasteiger partial charge in [0.25, 0.3) is 0 Å². The van der Waals surface area contributed by atoms with E-state index in [1.165, 1.54) is 0 Å². The van der Waals surface area contributed by atoms with Crippen molar-refractivity contribution in [2.45, 2.75) is 63.9 Å². The Kier molecular flexibility index (Phi) is 7.62. The first kappa shape index (κ1) is 23.5. The molecular formula is C22H29ClN2O3S. The zero-order valence-electron chi connectivity index (χ0n) is 17.7. The van der Waals surface area contributed by atoms with Gasteiger partial charge < -0.3 is 15.0 Å². The summed E-state index contributed by atoms with van der Waals surface area (Å²) in [7, 11) is 0. The summed E-state index contributed by atoms with van der Waals surface area (Å²) >= 11 is 4.53. The van der Waals surface area contributed by atoms with Crippen LogP contribution in [0.4, 0.5) is 10.5 Å². The summed E-state index contributed by atoms with van der Waals surface area (Å²) in [5.41, 5.74) is 2.27. The van der Waals surface area contributed by atoms with Crippen molar-refractivity contribution in [2.24, 2.45) is 0 Å². The first-order chi connectivity index (χ1) is 13.4. The predicted octanol–water partition coefficient (Wildman–Crippen LogP) is 5.66. The minimum absolute atomic E-state index is 0.154. The van der Waals surface area contributed by atoms with Crippen LogP contribution in [0.25, 0.3) is 0 Å². The van der Waals surface area contributed by atoms with E-state index in [9.17, 15) is 14.5 Å². The maximum atomic E-state index is 12.6. The molecule has 2 aromatic carbocycles. The second-order valence-electron chi connectivity index (χ2n) is 8.18. The van der Waals surface area contributed by atoms with Crippen LogP contribution in [-0.2, 0) is 17.0 Å². The standard InChI is InChI=1S/C22H29ClN2O3S/c1-13(2)18-11-16(23)12-19(14(3)4)20(18)24-21(26)25-29(28)17-9-7-15(8-10-17)22(5,6)27/h7-14,27H,1-6H3,(H2,24,25,26). The quantitative estimate of drug-likeness (QED) is 0.511. The first-order valence-corrected chi connectivity index (χ1v) is 11.1. The second kappa shape index (κ2) is 9.39. The predicted molar refractivity (Wildman–Crippen MR) is 120 cm³/mol. The first-order valence-electron chi connectivity index (χ1n) is 9.55. The van der Waals surface area contributed by atoms with Gasteiger partial charge in [0.1, 0.15) is 11.4 Å². The van der Waals surface area contributed by atoms with Gasteiger partial charge in [-0.1, -0.05) is 51.4 Å². The van der Waals surface area contributed by atoms with Crippen LogP contribution in [0.2, 0.25) is 5.02 Å². The molecule has 29 heavy (non-hydrogen) atoms. The van der Waals surface area contributed by atoms with Crippen LogP contribution >= 0.6 is 11.6 Å². The molecular weight excluding hydrogens is 408 g/mol. The van der Waals surface area contributed by atoms with Gasteiger partial charge in [0.2, 0.25) is 0 Å². The van der Waals surface area contributed by atoms with Gasteiger partial charge in [-0.15, -0.1) is 4.72 Å². The number of aliphatic hydroxyl groups is 1. The molecule has 0 heterocycles. The van der Waals surface area contributed by atoms with Crippen molar-refractivity contribution in [3.8, 4) is 0 Å². The third kappa shape index (κ3) is 6.12. The summed E-state index contributed by atoms with van der Waals surface area (Å²) in [6.07, 6.45) is 0. The highest BCUT2D eigenvalue weighted by Crippen LogP contribution is 2.35. The Bertz CT molecular complexity index is 832. The number of nitrogens with one attached hydrogen (secondary N) is 2. The summed E-state index contributed by atoms with van der Waals surface area (Å²) in [6, 6.07) is 9.79. The van der Waals surface area contributed by atoms with Crippen LogP contribution in [-0.4, -0.2) is 15.7 Å². The van der Waals surface area contributed by atoms with Crippen molar-refractivity contribution in [1.29, 1.82) is 0 Å². The molecule has 0 aliphatic rings. The number of carbonyl (C=O) groups is 1. The molecule has 0 radical (unpaired) electrons. The molecule has 2 aromatic rings. The number of anilines is 1. The van der Waals surface area contributed by atoms with Crippen molar-refractivity contribution < 1.29 is 14.5 Å². The van der Waals surface area contributed by atoms with E-state index in [1.807, 2.05) is 39.8 Å². The lowest BCUT2D eigenvalue weighted by Crippen LogP contribution is -2.35. The van der Waals surface area contributed by atoms with Crippen molar-refractivity contribution in [2.75, 3.05) is 5.32 Å². The highest BCUT2D eigenvalue weighted by molar-refractivity contribution is 7.90. The Hall–Kier alpha value is -1.73. The average molecular weight is 437 g/mol. The second-order valence-corrected chi connectivity index (χ2v) is 9.83. The number of carbonyl (C=O) groups excluding carboxylic acids is 1. The van der Waals surface area contributed by atoms with Crippen LogP contribution in [0.5, 0.6) is 0 Å². The molecule has 0 aromatic heterocycles. The number of hydrogen-bond acceptors (Lipinski definition) is 3. The zero-order valence-corrected chi connectivity index (χ0v) is 19.2. The van der Waals surface area contributed by atoms with Gasteiger partial charge >= 0.3 is 6.03 Å². The molecule has 0 bridgehead atoms. The molecule has 0 saturated carbocycles. The van der Waals surface area contributed by atoms with Gasteiger partial charge in [0.05, 0.1) is 5.60 Å². The van der Waals surface area contributed by atoms with Crippen LogP contribution in [0.15, 0.2) is 41.3 Å². The molecule has 0 fully saturated rings. The lowest BCUT2D eigenvalue weighted by atomic mass is 9.92. The minimum Gasteiger partial charge on any atom is -0.588 e. The number of rotatable bonds is 6. The van der Waals surface area contributed by atoms with Gasteiger partial charge in [-0.3, -0.25) is 0 Å². The Morgan fingerprint density at radius 1 is 1.07 bits per heavy atom. The summed E-state index contributed by atoms with van der Waals surface area (Å²) in [5.74, 6) is 0.308. The highest BCUT2D eigenvalue weighted by Gasteiger charge is 2.22. The van der Waals surface area contributed by atoms with Gasteiger partial charge in [0.15, 0.2) is 4.90 Å². The highest BCUT2D eigenvalue weighted by atomic mass is 35.5. The largest absolute Gasteiger partial charge is 0.588 e. The molecule has 0 aliphatic carbocycles. The van der Waals surface area contributed by atoms with Gasteiger partial charge in [0, 0.05) is 10.7 Å². The normalized spacial score (nSPS) is 12.9. The number of urea groups is 1. The molecule has 1 unspecified atom stereocenters. The maximum absolute atomic E-state index is 12.6. The van der Waals surface area contributed by atoms with E-state index in [1.54, 1.807) is 38.1 Å². The fourth-order valence-corrected chi connectivity index (χ4v) is 3.93. The molecule has 0 spiro atoms. The Balaban J connectivity index is 2.20. The summed E-state index contributed by atoms with van der Waals surface area (Å²) in [6.45, 7) is 11.5. The molecule has 7 heteroatoms. The molecule has 2 rings (SSSR count). The van der Waals surface area contributed by atoms with Crippen LogP contribution < -0.4 is 10.0 Å². The number of hydrogen-bond donors (Lipinski definition) is 3. The smallest absolute Gasteiger partial charge is 0.361 e. The van der Waals surface area contributed by atoms with Crippen molar-refractivity contribution in [1.82, 2.24) is 4.72 Å². The zero-order chi connectivity index (χ0) is 21.9. The molecule has 5 nitrogen and oxygen atoms in total. The van der Waals surface area contributed by atoms with E-state index in [0.29, 0.717) is 21.2 Å². The Morgan fingerprint density at radius 2 is 1.55 bits per heavy atom. The van der Waals surface area contributed by atoms with Crippen molar-refractivity contribution >= 4 is 34.7 Å². The van der Waals surface area contributed by atoms with Crippen LogP contribution in [0, 0.1) is 0 Å². The topological polar surface area (TPSA) is 84.4 Å². The lowest BCUT2D eigenvalue weighted by Gasteiger charge is -2.21. The maximum Gasteiger partial charge on any atom is 0.361 e. The summed E-state index contributed by atoms with van der Waals surface area (Å²) in [4.78, 5) is 13.0. The fourth-order valence-electron chi connectivity index (χ4n) is 2.97. The average Bonchev–Trinajstić information content (AvgIpc) is 2.61. The number of halogens is 1. The molecule has 2 amide bonds. The third-order valence-electron chi connectivity index (χ3n) is 4.61. The minimum atomic E-state index is -1.73. The van der Waals surface area contributed by atoms with E-state index < -0.39 is 23.0 Å². The monoisotopic (exact) mass is 436 g/mol. The molecule has 0 aliphatic heterocycles. The molecule has 3 N–H and O–H groups in total. The Morgan fingerprint density at radius 3 is 1.97 bits per heavy atom. The number of amides is 2. The Labute approximate surface area is 181 Å². The molecule has 0 saturated heterocycles. The lowest BCUT2D eigenvalue weighted by molar-refractivity contribution is 0.0785.